The Morgan fingerprint density at radius 3 is 2.67 bits per heavy atom. The molecule has 1 amide bonds. The zero-order valence-electron chi connectivity index (χ0n) is 16.9. The standard InChI is InChI=1S/C22H23FN6O/c1-14(30)29-12-16-11-28(13-18(16)21(29)15-4-3-5-17(23)10-15)20-7-6-19(25-26-20)22-24-8-9-27(22)2/h3-10,16,18,21H,11-13H2,1-2H3/t16-,18-,21+/m1/s1. The second-order valence-corrected chi connectivity index (χ2v) is 8.14. The summed E-state index contributed by atoms with van der Waals surface area (Å²) < 4.78 is 15.8. The van der Waals surface area contributed by atoms with Gasteiger partial charge in [0.1, 0.15) is 11.5 Å². The zero-order valence-corrected chi connectivity index (χ0v) is 16.9. The van der Waals surface area contributed by atoms with E-state index in [1.165, 1.54) is 6.07 Å². The second kappa shape index (κ2) is 7.19. The average Bonchev–Trinajstić information content (AvgIpc) is 3.42. The third-order valence-corrected chi connectivity index (χ3v) is 6.28. The molecule has 4 heterocycles. The summed E-state index contributed by atoms with van der Waals surface area (Å²) in [5.41, 5.74) is 1.58. The number of carbonyl (C=O) groups excluding carboxylic acids is 1. The van der Waals surface area contributed by atoms with Crippen LogP contribution in [0.3, 0.4) is 0 Å². The molecule has 2 fully saturated rings. The highest BCUT2D eigenvalue weighted by molar-refractivity contribution is 5.74. The first-order valence-corrected chi connectivity index (χ1v) is 10.1. The lowest BCUT2D eigenvalue weighted by Crippen LogP contribution is -2.34. The van der Waals surface area contributed by atoms with Crippen molar-refractivity contribution >= 4 is 11.7 Å². The summed E-state index contributed by atoms with van der Waals surface area (Å²) >= 11 is 0. The second-order valence-electron chi connectivity index (χ2n) is 8.14. The molecule has 2 saturated heterocycles. The number of imidazole rings is 1. The minimum atomic E-state index is -0.273. The number of aromatic nitrogens is 4. The molecule has 0 N–H and O–H groups in total. The lowest BCUT2D eigenvalue weighted by molar-refractivity contribution is -0.130. The van der Waals surface area contributed by atoms with Crippen molar-refractivity contribution in [2.24, 2.45) is 18.9 Å². The number of hydrogen-bond donors (Lipinski definition) is 0. The number of nitrogens with zero attached hydrogens (tertiary/aromatic N) is 6. The number of rotatable bonds is 3. The maximum atomic E-state index is 13.9. The Bertz CT molecular complexity index is 1080. The van der Waals surface area contributed by atoms with Crippen LogP contribution < -0.4 is 4.90 Å². The highest BCUT2D eigenvalue weighted by atomic mass is 19.1. The Hall–Kier alpha value is -3.29. The molecule has 8 heteroatoms. The van der Waals surface area contributed by atoms with Crippen molar-refractivity contribution in [2.45, 2.75) is 13.0 Å². The molecule has 2 aromatic heterocycles. The maximum Gasteiger partial charge on any atom is 0.219 e. The molecule has 3 aromatic rings. The number of benzene rings is 1. The quantitative estimate of drug-likeness (QED) is 0.669. The normalized spacial score (nSPS) is 23.1. The van der Waals surface area contributed by atoms with Gasteiger partial charge in [0.25, 0.3) is 0 Å². The van der Waals surface area contributed by atoms with Gasteiger partial charge in [0.05, 0.1) is 6.04 Å². The summed E-state index contributed by atoms with van der Waals surface area (Å²) in [7, 11) is 1.92. The largest absolute Gasteiger partial charge is 0.354 e. The third kappa shape index (κ3) is 3.12. The molecule has 154 valence electrons. The number of anilines is 1. The van der Waals surface area contributed by atoms with Crippen LogP contribution in [0.1, 0.15) is 18.5 Å². The molecule has 0 spiro atoms. The summed E-state index contributed by atoms with van der Waals surface area (Å²) in [6, 6.07) is 10.4. The predicted molar refractivity (Wildman–Crippen MR) is 110 cm³/mol. The monoisotopic (exact) mass is 406 g/mol. The molecule has 0 unspecified atom stereocenters. The van der Waals surface area contributed by atoms with Gasteiger partial charge in [-0.1, -0.05) is 12.1 Å². The van der Waals surface area contributed by atoms with E-state index in [4.69, 9.17) is 0 Å². The average molecular weight is 406 g/mol. The van der Waals surface area contributed by atoms with Crippen LogP contribution in [0.5, 0.6) is 0 Å². The Balaban J connectivity index is 1.39. The number of likely N-dealkylation sites (tertiary alicyclic amines) is 1. The molecular formula is C22H23FN6O. The van der Waals surface area contributed by atoms with Crippen molar-refractivity contribution in [3.63, 3.8) is 0 Å². The Morgan fingerprint density at radius 2 is 2.00 bits per heavy atom. The third-order valence-electron chi connectivity index (χ3n) is 6.28. The molecule has 0 saturated carbocycles. The molecule has 5 rings (SSSR count). The molecular weight excluding hydrogens is 383 g/mol. The summed E-state index contributed by atoms with van der Waals surface area (Å²) in [6.07, 6.45) is 3.61. The molecule has 0 radical (unpaired) electrons. The van der Waals surface area contributed by atoms with E-state index in [9.17, 15) is 9.18 Å². The van der Waals surface area contributed by atoms with E-state index in [1.807, 2.05) is 40.9 Å². The van der Waals surface area contributed by atoms with Crippen LogP contribution in [0, 0.1) is 17.7 Å². The van der Waals surface area contributed by atoms with Gasteiger partial charge in [-0.05, 0) is 29.8 Å². The maximum absolute atomic E-state index is 13.9. The van der Waals surface area contributed by atoms with Crippen LogP contribution in [0.15, 0.2) is 48.8 Å². The van der Waals surface area contributed by atoms with Crippen LogP contribution in [-0.4, -0.2) is 50.2 Å². The minimum Gasteiger partial charge on any atom is -0.354 e. The zero-order chi connectivity index (χ0) is 20.8. The van der Waals surface area contributed by atoms with Gasteiger partial charge in [0, 0.05) is 57.8 Å². The Kier molecular flexibility index (Phi) is 4.49. The summed E-state index contributed by atoms with van der Waals surface area (Å²) in [4.78, 5) is 20.7. The molecule has 3 atom stereocenters. The summed E-state index contributed by atoms with van der Waals surface area (Å²) in [5, 5.41) is 8.80. The van der Waals surface area contributed by atoms with Crippen molar-refractivity contribution in [1.29, 1.82) is 0 Å². The lowest BCUT2D eigenvalue weighted by Gasteiger charge is -2.29. The SMILES string of the molecule is CC(=O)N1C[C@H]2CN(c3ccc(-c4nccn4C)nn3)C[C@H]2[C@@H]1c1cccc(F)c1. The number of amides is 1. The van der Waals surface area contributed by atoms with Crippen LogP contribution in [0.25, 0.3) is 11.5 Å². The molecule has 0 aliphatic carbocycles. The van der Waals surface area contributed by atoms with Gasteiger partial charge in [-0.3, -0.25) is 4.79 Å². The first-order valence-electron chi connectivity index (χ1n) is 10.1. The van der Waals surface area contributed by atoms with E-state index in [1.54, 1.807) is 25.3 Å². The van der Waals surface area contributed by atoms with E-state index >= 15 is 0 Å². The van der Waals surface area contributed by atoms with Crippen LogP contribution in [0.2, 0.25) is 0 Å². The van der Waals surface area contributed by atoms with Crippen molar-refractivity contribution < 1.29 is 9.18 Å². The number of hydrogen-bond acceptors (Lipinski definition) is 5. The number of aryl methyl sites for hydroxylation is 1. The van der Waals surface area contributed by atoms with Crippen LogP contribution >= 0.6 is 0 Å². The van der Waals surface area contributed by atoms with E-state index in [0.29, 0.717) is 12.5 Å². The van der Waals surface area contributed by atoms with Gasteiger partial charge in [0.15, 0.2) is 11.6 Å². The summed E-state index contributed by atoms with van der Waals surface area (Å²) in [5.74, 6) is 1.89. The molecule has 7 nitrogen and oxygen atoms in total. The van der Waals surface area contributed by atoms with Crippen LogP contribution in [0.4, 0.5) is 10.2 Å². The lowest BCUT2D eigenvalue weighted by atomic mass is 9.89. The number of halogens is 1. The number of fused-ring (bicyclic) bond motifs is 1. The molecule has 30 heavy (non-hydrogen) atoms. The number of carbonyl (C=O) groups is 1. The highest BCUT2D eigenvalue weighted by Crippen LogP contribution is 2.45. The van der Waals surface area contributed by atoms with Crippen molar-refractivity contribution in [3.05, 3.63) is 60.2 Å². The van der Waals surface area contributed by atoms with E-state index in [-0.39, 0.29) is 23.7 Å². The van der Waals surface area contributed by atoms with Crippen molar-refractivity contribution in [1.82, 2.24) is 24.6 Å². The smallest absolute Gasteiger partial charge is 0.219 e. The van der Waals surface area contributed by atoms with Gasteiger partial charge in [0.2, 0.25) is 5.91 Å². The van der Waals surface area contributed by atoms with Gasteiger partial charge in [-0.2, -0.15) is 0 Å². The Morgan fingerprint density at radius 1 is 1.13 bits per heavy atom. The van der Waals surface area contributed by atoms with Crippen molar-refractivity contribution in [3.8, 4) is 11.5 Å². The fourth-order valence-corrected chi connectivity index (χ4v) is 4.90. The van der Waals surface area contributed by atoms with E-state index in [0.717, 1.165) is 36.0 Å². The fraction of sp³-hybridized carbons (Fsp3) is 0.364. The topological polar surface area (TPSA) is 67.2 Å². The predicted octanol–water partition coefficient (Wildman–Crippen LogP) is 2.67. The first kappa shape index (κ1) is 18.7. The highest BCUT2D eigenvalue weighted by Gasteiger charge is 2.48. The molecule has 1 aromatic carbocycles. The van der Waals surface area contributed by atoms with Gasteiger partial charge < -0.3 is 14.4 Å². The molecule has 2 aliphatic rings. The van der Waals surface area contributed by atoms with Crippen LogP contribution in [-0.2, 0) is 11.8 Å². The van der Waals surface area contributed by atoms with E-state index < -0.39 is 0 Å². The summed E-state index contributed by atoms with van der Waals surface area (Å²) in [6.45, 7) is 3.83. The first-order chi connectivity index (χ1) is 14.5. The van der Waals surface area contributed by atoms with Gasteiger partial charge in [-0.15, -0.1) is 10.2 Å². The molecule has 2 aliphatic heterocycles. The van der Waals surface area contributed by atoms with E-state index in [2.05, 4.69) is 20.1 Å². The van der Waals surface area contributed by atoms with Gasteiger partial charge in [-0.25, -0.2) is 9.37 Å². The minimum absolute atomic E-state index is 0.0319. The molecule has 0 bridgehead atoms. The van der Waals surface area contributed by atoms with Crippen molar-refractivity contribution in [2.75, 3.05) is 24.5 Å². The fourth-order valence-electron chi connectivity index (χ4n) is 4.90. The van der Waals surface area contributed by atoms with Gasteiger partial charge >= 0.3 is 0 Å². The Labute approximate surface area is 174 Å².